The van der Waals surface area contributed by atoms with Crippen molar-refractivity contribution in [1.29, 1.82) is 0 Å². The molecule has 3 rings (SSSR count). The van der Waals surface area contributed by atoms with Crippen LogP contribution < -0.4 is 14.9 Å². The second-order valence-corrected chi connectivity index (χ2v) is 7.67. The molecule has 0 bridgehead atoms. The summed E-state index contributed by atoms with van der Waals surface area (Å²) >= 11 is 0. The number of ether oxygens (including phenoxy) is 1. The molecule has 0 amide bonds. The van der Waals surface area contributed by atoms with E-state index in [4.69, 9.17) is 4.74 Å². The van der Waals surface area contributed by atoms with E-state index in [0.717, 1.165) is 11.6 Å². The van der Waals surface area contributed by atoms with Crippen LogP contribution in [-0.4, -0.2) is 26.7 Å². The minimum Gasteiger partial charge on any atom is -0.495 e. The van der Waals surface area contributed by atoms with Gasteiger partial charge in [-0.2, -0.15) is 5.10 Å². The Kier molecular flexibility index (Phi) is 6.28. The van der Waals surface area contributed by atoms with Crippen molar-refractivity contribution in [2.75, 3.05) is 17.3 Å². The van der Waals surface area contributed by atoms with Crippen LogP contribution in [0, 0.1) is 10.1 Å². The lowest BCUT2D eigenvalue weighted by Crippen LogP contribution is -2.15. The molecule has 0 spiro atoms. The molecule has 0 aliphatic rings. The molecule has 0 radical (unpaired) electrons. The van der Waals surface area contributed by atoms with Crippen molar-refractivity contribution in [3.63, 3.8) is 0 Å². The number of hydrogen-bond acceptors (Lipinski definition) is 7. The Hall–Kier alpha value is -3.92. The minimum absolute atomic E-state index is 0.0789. The number of sulfonamides is 1. The predicted octanol–water partition coefficient (Wildman–Crippen LogP) is 3.85. The van der Waals surface area contributed by atoms with Gasteiger partial charge >= 0.3 is 0 Å². The Morgan fingerprint density at radius 2 is 1.70 bits per heavy atom. The van der Waals surface area contributed by atoms with E-state index in [-0.39, 0.29) is 22.0 Å². The molecule has 3 aromatic carbocycles. The van der Waals surface area contributed by atoms with E-state index >= 15 is 0 Å². The summed E-state index contributed by atoms with van der Waals surface area (Å²) in [5, 5.41) is 15.2. The Morgan fingerprint density at radius 3 is 2.40 bits per heavy atom. The van der Waals surface area contributed by atoms with Crippen LogP contribution in [0.5, 0.6) is 5.75 Å². The largest absolute Gasteiger partial charge is 0.495 e. The molecule has 2 N–H and O–H groups in total. The van der Waals surface area contributed by atoms with Crippen LogP contribution in [0.15, 0.2) is 82.8 Å². The Morgan fingerprint density at radius 1 is 1.00 bits per heavy atom. The Balaban J connectivity index is 1.97. The van der Waals surface area contributed by atoms with E-state index in [1.807, 2.05) is 30.3 Å². The van der Waals surface area contributed by atoms with Gasteiger partial charge in [0.05, 0.1) is 29.6 Å². The molecule has 0 aromatic heterocycles. The molecular weight excluding hydrogens is 408 g/mol. The average Bonchev–Trinajstić information content (AvgIpc) is 2.74. The summed E-state index contributed by atoms with van der Waals surface area (Å²) in [6.07, 6.45) is 1.51. The van der Waals surface area contributed by atoms with E-state index in [9.17, 15) is 18.5 Å². The van der Waals surface area contributed by atoms with E-state index in [2.05, 4.69) is 15.2 Å². The molecule has 3 aromatic rings. The van der Waals surface area contributed by atoms with Crippen molar-refractivity contribution in [3.05, 3.63) is 88.5 Å². The number of nitrogens with zero attached hydrogens (tertiary/aromatic N) is 2. The number of nitro groups is 1. The first-order valence-electron chi connectivity index (χ1n) is 8.69. The number of nitro benzene ring substituents is 1. The van der Waals surface area contributed by atoms with E-state index < -0.39 is 14.9 Å². The van der Waals surface area contributed by atoms with Crippen LogP contribution in [0.3, 0.4) is 0 Å². The SMILES string of the molecule is COc1ccccc1NS(=O)(=O)c1cc([N+](=O)[O-])ccc1N/N=C/c1ccccc1. The fraction of sp³-hybridized carbons (Fsp3) is 0.0500. The standard InChI is InChI=1S/C20H18N4O5S/c1-29-19-10-6-5-9-17(19)23-30(27,28)20-13-16(24(25)26)11-12-18(20)22-21-14-15-7-3-2-4-8-15/h2-14,22-23H,1H3/b21-14+. The normalized spacial score (nSPS) is 11.2. The quantitative estimate of drug-likeness (QED) is 0.320. The Labute approximate surface area is 173 Å². The van der Waals surface area contributed by atoms with E-state index in [1.54, 1.807) is 18.2 Å². The van der Waals surface area contributed by atoms with Gasteiger partial charge in [-0.1, -0.05) is 42.5 Å². The highest BCUT2D eigenvalue weighted by atomic mass is 32.2. The number of para-hydroxylation sites is 2. The molecule has 154 valence electrons. The van der Waals surface area contributed by atoms with Crippen molar-refractivity contribution in [2.45, 2.75) is 4.90 Å². The molecule has 0 saturated heterocycles. The van der Waals surface area contributed by atoms with Crippen molar-refractivity contribution < 1.29 is 18.1 Å². The zero-order valence-corrected chi connectivity index (χ0v) is 16.7. The molecular formula is C20H18N4O5S. The lowest BCUT2D eigenvalue weighted by atomic mass is 10.2. The highest BCUT2D eigenvalue weighted by molar-refractivity contribution is 7.93. The molecule has 0 aliphatic carbocycles. The number of hydrazone groups is 1. The maximum atomic E-state index is 13.0. The molecule has 0 fully saturated rings. The maximum Gasteiger partial charge on any atom is 0.270 e. The number of non-ortho nitro benzene ring substituents is 1. The first-order valence-corrected chi connectivity index (χ1v) is 10.2. The molecule has 0 heterocycles. The Bertz CT molecular complexity index is 1180. The molecule has 10 heteroatoms. The average molecular weight is 426 g/mol. The van der Waals surface area contributed by atoms with Gasteiger partial charge in [-0.05, 0) is 23.8 Å². The smallest absolute Gasteiger partial charge is 0.270 e. The monoisotopic (exact) mass is 426 g/mol. The third-order valence-corrected chi connectivity index (χ3v) is 5.42. The second-order valence-electron chi connectivity index (χ2n) is 6.02. The fourth-order valence-electron chi connectivity index (χ4n) is 2.58. The summed E-state index contributed by atoms with van der Waals surface area (Å²) in [6.45, 7) is 0. The van der Waals surface area contributed by atoms with Crippen molar-refractivity contribution >= 4 is 33.3 Å². The van der Waals surface area contributed by atoms with E-state index in [0.29, 0.717) is 5.75 Å². The summed E-state index contributed by atoms with van der Waals surface area (Å²) in [6, 6.07) is 19.1. The summed E-state index contributed by atoms with van der Waals surface area (Å²) in [7, 11) is -2.79. The number of methoxy groups -OCH3 is 1. The van der Waals surface area contributed by atoms with Gasteiger partial charge in [0, 0.05) is 12.1 Å². The zero-order valence-electron chi connectivity index (χ0n) is 15.8. The highest BCUT2D eigenvalue weighted by Crippen LogP contribution is 2.31. The summed E-state index contributed by atoms with van der Waals surface area (Å²) < 4.78 is 33.6. The third-order valence-electron chi connectivity index (χ3n) is 4.02. The predicted molar refractivity (Wildman–Crippen MR) is 115 cm³/mol. The van der Waals surface area contributed by atoms with Crippen LogP contribution >= 0.6 is 0 Å². The van der Waals surface area contributed by atoms with Crippen LogP contribution in [-0.2, 0) is 10.0 Å². The highest BCUT2D eigenvalue weighted by Gasteiger charge is 2.23. The van der Waals surface area contributed by atoms with Gasteiger partial charge in [0.2, 0.25) is 0 Å². The number of rotatable bonds is 8. The topological polar surface area (TPSA) is 123 Å². The number of anilines is 2. The van der Waals surface area contributed by atoms with Gasteiger partial charge in [0.1, 0.15) is 10.6 Å². The molecule has 30 heavy (non-hydrogen) atoms. The van der Waals surface area contributed by atoms with E-state index in [1.165, 1.54) is 31.5 Å². The summed E-state index contributed by atoms with van der Waals surface area (Å²) in [5.41, 5.74) is 3.35. The summed E-state index contributed by atoms with van der Waals surface area (Å²) in [5.74, 6) is 0.308. The third kappa shape index (κ3) is 4.92. The van der Waals surface area contributed by atoms with Gasteiger partial charge in [-0.15, -0.1) is 0 Å². The van der Waals surface area contributed by atoms with Gasteiger partial charge < -0.3 is 4.74 Å². The minimum atomic E-state index is -4.20. The lowest BCUT2D eigenvalue weighted by Gasteiger charge is -2.14. The number of benzene rings is 3. The maximum absolute atomic E-state index is 13.0. The van der Waals surface area contributed by atoms with Crippen molar-refractivity contribution in [3.8, 4) is 5.75 Å². The molecule has 9 nitrogen and oxygen atoms in total. The zero-order chi connectivity index (χ0) is 21.6. The van der Waals surface area contributed by atoms with Crippen LogP contribution in [0.2, 0.25) is 0 Å². The second kappa shape index (κ2) is 9.05. The van der Waals surface area contributed by atoms with Crippen molar-refractivity contribution in [1.82, 2.24) is 0 Å². The molecule has 0 unspecified atom stereocenters. The first kappa shape index (κ1) is 20.8. The van der Waals surface area contributed by atoms with Crippen molar-refractivity contribution in [2.24, 2.45) is 5.10 Å². The molecule has 0 aliphatic heterocycles. The van der Waals surface area contributed by atoms with Gasteiger partial charge in [0.25, 0.3) is 15.7 Å². The van der Waals surface area contributed by atoms with Gasteiger partial charge in [-0.3, -0.25) is 20.3 Å². The number of hydrogen-bond donors (Lipinski definition) is 2. The van der Waals surface area contributed by atoms with Crippen LogP contribution in [0.25, 0.3) is 0 Å². The van der Waals surface area contributed by atoms with Gasteiger partial charge in [-0.25, -0.2) is 8.42 Å². The number of nitrogens with one attached hydrogen (secondary N) is 2. The van der Waals surface area contributed by atoms with Gasteiger partial charge in [0.15, 0.2) is 0 Å². The van der Waals surface area contributed by atoms with Crippen LogP contribution in [0.4, 0.5) is 17.1 Å². The lowest BCUT2D eigenvalue weighted by molar-refractivity contribution is -0.385. The summed E-state index contributed by atoms with van der Waals surface area (Å²) in [4.78, 5) is 10.2. The fourth-order valence-corrected chi connectivity index (χ4v) is 3.83. The molecule has 0 atom stereocenters. The van der Waals surface area contributed by atoms with Crippen LogP contribution in [0.1, 0.15) is 5.56 Å². The first-order chi connectivity index (χ1) is 14.4. The molecule has 0 saturated carbocycles.